The summed E-state index contributed by atoms with van der Waals surface area (Å²) in [6.45, 7) is 2.37. The first-order chi connectivity index (χ1) is 13.2. The first kappa shape index (κ1) is 17.9. The topological polar surface area (TPSA) is 99.9 Å². The van der Waals surface area contributed by atoms with Crippen molar-refractivity contribution in [2.45, 2.75) is 6.92 Å². The molecular weight excluding hydrogens is 342 g/mol. The number of hydrogen-bond acceptors (Lipinski definition) is 6. The lowest BCUT2D eigenvalue weighted by Crippen LogP contribution is -2.15. The van der Waals surface area contributed by atoms with E-state index in [9.17, 15) is 4.79 Å². The SMILES string of the molecule is CCOc1ccccc1NC(=O)c1cnc(Nc2ccccc2C#N)cn1. The Bertz CT molecular complexity index is 980. The summed E-state index contributed by atoms with van der Waals surface area (Å²) in [4.78, 5) is 20.7. The highest BCUT2D eigenvalue weighted by Gasteiger charge is 2.12. The molecule has 0 fully saturated rings. The molecule has 0 radical (unpaired) electrons. The number of amides is 1. The number of rotatable bonds is 6. The average molecular weight is 359 g/mol. The van der Waals surface area contributed by atoms with Crippen LogP contribution in [0.25, 0.3) is 0 Å². The predicted octanol–water partition coefficient (Wildman–Crippen LogP) is 3.74. The fourth-order valence-corrected chi connectivity index (χ4v) is 2.38. The van der Waals surface area contributed by atoms with Crippen molar-refractivity contribution in [3.8, 4) is 11.8 Å². The molecule has 0 spiro atoms. The lowest BCUT2D eigenvalue weighted by atomic mass is 10.2. The quantitative estimate of drug-likeness (QED) is 0.695. The van der Waals surface area contributed by atoms with Crippen molar-refractivity contribution in [1.82, 2.24) is 9.97 Å². The van der Waals surface area contributed by atoms with Gasteiger partial charge in [-0.05, 0) is 31.2 Å². The Morgan fingerprint density at radius 1 is 1.07 bits per heavy atom. The molecule has 7 heteroatoms. The third-order valence-electron chi connectivity index (χ3n) is 3.63. The van der Waals surface area contributed by atoms with Gasteiger partial charge in [-0.25, -0.2) is 9.97 Å². The lowest BCUT2D eigenvalue weighted by Gasteiger charge is -2.11. The summed E-state index contributed by atoms with van der Waals surface area (Å²) in [5.41, 5.74) is 1.85. The number of aromatic nitrogens is 2. The number of hydrogen-bond donors (Lipinski definition) is 2. The van der Waals surface area contributed by atoms with E-state index in [1.165, 1.54) is 12.4 Å². The van der Waals surface area contributed by atoms with Gasteiger partial charge in [-0.1, -0.05) is 24.3 Å². The van der Waals surface area contributed by atoms with Crippen molar-refractivity contribution in [3.63, 3.8) is 0 Å². The molecule has 0 bridgehead atoms. The van der Waals surface area contributed by atoms with E-state index in [0.29, 0.717) is 35.1 Å². The highest BCUT2D eigenvalue weighted by atomic mass is 16.5. The van der Waals surface area contributed by atoms with Crippen molar-refractivity contribution in [2.24, 2.45) is 0 Å². The smallest absolute Gasteiger partial charge is 0.275 e. The number of para-hydroxylation sites is 3. The van der Waals surface area contributed by atoms with Crippen LogP contribution < -0.4 is 15.4 Å². The normalized spacial score (nSPS) is 9.93. The molecule has 0 aliphatic rings. The second-order valence-electron chi connectivity index (χ2n) is 5.45. The highest BCUT2D eigenvalue weighted by molar-refractivity contribution is 6.03. The summed E-state index contributed by atoms with van der Waals surface area (Å²) in [5, 5.41) is 14.9. The summed E-state index contributed by atoms with van der Waals surface area (Å²) in [6, 6.07) is 16.3. The zero-order chi connectivity index (χ0) is 19.1. The van der Waals surface area contributed by atoms with E-state index >= 15 is 0 Å². The minimum atomic E-state index is -0.390. The molecule has 27 heavy (non-hydrogen) atoms. The Morgan fingerprint density at radius 2 is 1.81 bits per heavy atom. The maximum atomic E-state index is 12.4. The zero-order valence-electron chi connectivity index (χ0n) is 14.6. The molecule has 0 unspecified atom stereocenters. The Morgan fingerprint density at radius 3 is 2.52 bits per heavy atom. The molecule has 1 aromatic heterocycles. The van der Waals surface area contributed by atoms with Gasteiger partial charge >= 0.3 is 0 Å². The number of anilines is 3. The van der Waals surface area contributed by atoms with Crippen molar-refractivity contribution in [3.05, 3.63) is 72.2 Å². The first-order valence-electron chi connectivity index (χ1n) is 8.32. The largest absolute Gasteiger partial charge is 0.492 e. The van der Waals surface area contributed by atoms with Crippen LogP contribution in [0.15, 0.2) is 60.9 Å². The maximum Gasteiger partial charge on any atom is 0.275 e. The summed E-state index contributed by atoms with van der Waals surface area (Å²) in [7, 11) is 0. The number of carbonyl (C=O) groups is 1. The van der Waals surface area contributed by atoms with Gasteiger partial charge in [0.05, 0.1) is 35.9 Å². The van der Waals surface area contributed by atoms with E-state index in [2.05, 4.69) is 26.7 Å². The molecule has 0 saturated heterocycles. The molecular formula is C20H17N5O2. The summed E-state index contributed by atoms with van der Waals surface area (Å²) in [6.07, 6.45) is 2.81. The van der Waals surface area contributed by atoms with E-state index in [1.54, 1.807) is 30.3 Å². The fourth-order valence-electron chi connectivity index (χ4n) is 2.38. The second kappa shape index (κ2) is 8.45. The second-order valence-corrected chi connectivity index (χ2v) is 5.45. The number of nitrogens with zero attached hydrogens (tertiary/aromatic N) is 3. The molecule has 2 aromatic carbocycles. The molecule has 1 heterocycles. The van der Waals surface area contributed by atoms with Crippen molar-refractivity contribution in [2.75, 3.05) is 17.2 Å². The highest BCUT2D eigenvalue weighted by Crippen LogP contribution is 2.24. The average Bonchev–Trinajstić information content (AvgIpc) is 2.70. The van der Waals surface area contributed by atoms with Gasteiger partial charge in [-0.3, -0.25) is 4.79 Å². The number of carbonyl (C=O) groups excluding carboxylic acids is 1. The molecule has 0 aliphatic heterocycles. The van der Waals surface area contributed by atoms with Crippen LogP contribution in [-0.2, 0) is 0 Å². The van der Waals surface area contributed by atoms with Crippen LogP contribution in [0.1, 0.15) is 23.0 Å². The molecule has 1 amide bonds. The van der Waals surface area contributed by atoms with Gasteiger partial charge < -0.3 is 15.4 Å². The fraction of sp³-hybridized carbons (Fsp3) is 0.100. The van der Waals surface area contributed by atoms with E-state index in [-0.39, 0.29) is 5.69 Å². The Labute approximate surface area is 156 Å². The van der Waals surface area contributed by atoms with Gasteiger partial charge in [0, 0.05) is 0 Å². The standard InChI is InChI=1S/C20H17N5O2/c1-2-27-18-10-6-5-9-16(18)25-20(26)17-12-23-19(13-22-17)24-15-8-4-3-7-14(15)11-21/h3-10,12-13H,2H2,1H3,(H,23,24)(H,25,26). The number of nitrogens with one attached hydrogen (secondary N) is 2. The van der Waals surface area contributed by atoms with Crippen LogP contribution >= 0.6 is 0 Å². The third-order valence-corrected chi connectivity index (χ3v) is 3.63. The van der Waals surface area contributed by atoms with Gasteiger partial charge in [0.1, 0.15) is 23.3 Å². The molecule has 134 valence electrons. The monoisotopic (exact) mass is 359 g/mol. The van der Waals surface area contributed by atoms with Crippen LogP contribution in [0.4, 0.5) is 17.2 Å². The zero-order valence-corrected chi connectivity index (χ0v) is 14.6. The van der Waals surface area contributed by atoms with Crippen molar-refractivity contribution in [1.29, 1.82) is 5.26 Å². The molecule has 0 atom stereocenters. The van der Waals surface area contributed by atoms with Crippen LogP contribution in [-0.4, -0.2) is 22.5 Å². The summed E-state index contributed by atoms with van der Waals surface area (Å²) >= 11 is 0. The Balaban J connectivity index is 1.72. The van der Waals surface area contributed by atoms with Gasteiger partial charge in [0.2, 0.25) is 0 Å². The molecule has 2 N–H and O–H groups in total. The molecule has 3 aromatic rings. The molecule has 0 aliphatic carbocycles. The minimum Gasteiger partial charge on any atom is -0.492 e. The van der Waals surface area contributed by atoms with E-state index < -0.39 is 5.91 Å². The van der Waals surface area contributed by atoms with Gasteiger partial charge in [0.15, 0.2) is 0 Å². The van der Waals surface area contributed by atoms with E-state index in [1.807, 2.05) is 25.1 Å². The lowest BCUT2D eigenvalue weighted by molar-refractivity contribution is 0.102. The maximum absolute atomic E-state index is 12.4. The number of benzene rings is 2. The minimum absolute atomic E-state index is 0.167. The van der Waals surface area contributed by atoms with Crippen LogP contribution in [0.5, 0.6) is 5.75 Å². The summed E-state index contributed by atoms with van der Waals surface area (Å²) in [5.74, 6) is 0.635. The van der Waals surface area contributed by atoms with Crippen molar-refractivity contribution < 1.29 is 9.53 Å². The van der Waals surface area contributed by atoms with Crippen LogP contribution in [0.2, 0.25) is 0 Å². The predicted molar refractivity (Wildman–Crippen MR) is 102 cm³/mol. The Kier molecular flexibility index (Phi) is 5.60. The van der Waals surface area contributed by atoms with Crippen LogP contribution in [0.3, 0.4) is 0 Å². The number of ether oxygens (including phenoxy) is 1. The molecule has 7 nitrogen and oxygen atoms in total. The molecule has 3 rings (SSSR count). The third kappa shape index (κ3) is 4.38. The van der Waals surface area contributed by atoms with Gasteiger partial charge in [-0.2, -0.15) is 5.26 Å². The van der Waals surface area contributed by atoms with Crippen molar-refractivity contribution >= 4 is 23.1 Å². The van der Waals surface area contributed by atoms with E-state index in [0.717, 1.165) is 0 Å². The Hall–Kier alpha value is -3.92. The van der Waals surface area contributed by atoms with E-state index in [4.69, 9.17) is 10.00 Å². The number of nitriles is 1. The summed E-state index contributed by atoms with van der Waals surface area (Å²) < 4.78 is 5.49. The molecule has 0 saturated carbocycles. The van der Waals surface area contributed by atoms with Gasteiger partial charge in [0.25, 0.3) is 5.91 Å². The first-order valence-corrected chi connectivity index (χ1v) is 8.32. The van der Waals surface area contributed by atoms with Gasteiger partial charge in [-0.15, -0.1) is 0 Å². The van der Waals surface area contributed by atoms with Crippen LogP contribution in [0, 0.1) is 11.3 Å².